The van der Waals surface area contributed by atoms with Crippen LogP contribution in [0.25, 0.3) is 6.08 Å². The van der Waals surface area contributed by atoms with Crippen LogP contribution < -0.4 is 4.74 Å². The molecular weight excluding hydrogens is 311 g/mol. The van der Waals surface area contributed by atoms with E-state index in [1.165, 1.54) is 25.3 Å². The molecular formula is C16H12Cl2O3. The summed E-state index contributed by atoms with van der Waals surface area (Å²) in [5.74, 6) is 0.152. The lowest BCUT2D eigenvalue weighted by Crippen LogP contribution is -1.95. The standard InChI is InChI=1S/C16H12Cl2O3/c1-21-16-8-10(3-7-15(16)20)2-6-14(19)12-5-4-11(17)9-13(12)18/h2-9,20H,1H3/b6-2+. The Morgan fingerprint density at radius 3 is 2.62 bits per heavy atom. The molecule has 2 rings (SSSR count). The summed E-state index contributed by atoms with van der Waals surface area (Å²) >= 11 is 11.8. The van der Waals surface area contributed by atoms with E-state index in [0.717, 1.165) is 5.56 Å². The molecule has 0 fully saturated rings. The summed E-state index contributed by atoms with van der Waals surface area (Å²) in [4.78, 5) is 12.1. The Kier molecular flexibility index (Phi) is 4.89. The number of aromatic hydroxyl groups is 1. The Bertz CT molecular complexity index is 709. The van der Waals surface area contributed by atoms with Crippen LogP contribution >= 0.6 is 23.2 Å². The highest BCUT2D eigenvalue weighted by Gasteiger charge is 2.08. The normalized spacial score (nSPS) is 10.8. The second kappa shape index (κ2) is 6.66. The van der Waals surface area contributed by atoms with Gasteiger partial charge in [-0.05, 0) is 42.0 Å². The Morgan fingerprint density at radius 1 is 1.19 bits per heavy atom. The Labute approximate surface area is 132 Å². The molecule has 0 spiro atoms. The van der Waals surface area contributed by atoms with Crippen molar-refractivity contribution in [2.45, 2.75) is 0 Å². The van der Waals surface area contributed by atoms with Gasteiger partial charge in [-0.15, -0.1) is 0 Å². The predicted molar refractivity (Wildman–Crippen MR) is 84.5 cm³/mol. The minimum absolute atomic E-state index is 0.0433. The maximum absolute atomic E-state index is 12.1. The van der Waals surface area contributed by atoms with Crippen LogP contribution in [0.3, 0.4) is 0 Å². The molecule has 0 amide bonds. The number of phenols is 1. The van der Waals surface area contributed by atoms with Crippen LogP contribution in [0, 0.1) is 0 Å². The van der Waals surface area contributed by atoms with E-state index in [1.54, 1.807) is 30.3 Å². The van der Waals surface area contributed by atoms with Crippen LogP contribution in [0.5, 0.6) is 11.5 Å². The average molecular weight is 323 g/mol. The third-order valence-electron chi connectivity index (χ3n) is 2.83. The van der Waals surface area contributed by atoms with E-state index in [0.29, 0.717) is 21.4 Å². The van der Waals surface area contributed by atoms with Crippen molar-refractivity contribution in [3.63, 3.8) is 0 Å². The first-order valence-electron chi connectivity index (χ1n) is 6.05. The molecule has 0 atom stereocenters. The van der Waals surface area contributed by atoms with E-state index >= 15 is 0 Å². The summed E-state index contributed by atoms with van der Waals surface area (Å²) in [6.07, 6.45) is 3.02. The molecule has 2 aromatic carbocycles. The predicted octanol–water partition coefficient (Wildman–Crippen LogP) is 4.60. The van der Waals surface area contributed by atoms with Gasteiger partial charge in [-0.1, -0.05) is 35.3 Å². The highest BCUT2D eigenvalue weighted by Crippen LogP contribution is 2.27. The molecule has 0 heterocycles. The molecule has 5 heteroatoms. The third-order valence-corrected chi connectivity index (χ3v) is 3.38. The van der Waals surface area contributed by atoms with Gasteiger partial charge in [0.05, 0.1) is 12.1 Å². The van der Waals surface area contributed by atoms with Gasteiger partial charge >= 0.3 is 0 Å². The Balaban J connectivity index is 2.22. The number of methoxy groups -OCH3 is 1. The fraction of sp³-hybridized carbons (Fsp3) is 0.0625. The lowest BCUT2D eigenvalue weighted by Gasteiger charge is -2.04. The van der Waals surface area contributed by atoms with Crippen molar-refractivity contribution in [1.82, 2.24) is 0 Å². The van der Waals surface area contributed by atoms with Crippen LogP contribution in [0.1, 0.15) is 15.9 Å². The molecule has 0 saturated heterocycles. The number of ether oxygens (including phenoxy) is 1. The first kappa shape index (κ1) is 15.4. The molecule has 0 unspecified atom stereocenters. The molecule has 21 heavy (non-hydrogen) atoms. The van der Waals surface area contributed by atoms with Gasteiger partial charge in [0.15, 0.2) is 17.3 Å². The average Bonchev–Trinajstić information content (AvgIpc) is 2.46. The van der Waals surface area contributed by atoms with E-state index in [2.05, 4.69) is 0 Å². The van der Waals surface area contributed by atoms with Gasteiger partial charge < -0.3 is 9.84 Å². The summed E-state index contributed by atoms with van der Waals surface area (Å²) in [5, 5.41) is 10.3. The summed E-state index contributed by atoms with van der Waals surface area (Å²) in [6.45, 7) is 0. The molecule has 3 nitrogen and oxygen atoms in total. The lowest BCUT2D eigenvalue weighted by atomic mass is 10.1. The van der Waals surface area contributed by atoms with Crippen molar-refractivity contribution in [3.8, 4) is 11.5 Å². The molecule has 0 aliphatic heterocycles. The molecule has 2 aromatic rings. The van der Waals surface area contributed by atoms with Gasteiger partial charge in [-0.3, -0.25) is 4.79 Å². The molecule has 0 aliphatic rings. The van der Waals surface area contributed by atoms with Crippen LogP contribution in [-0.2, 0) is 0 Å². The fourth-order valence-electron chi connectivity index (χ4n) is 1.75. The van der Waals surface area contributed by atoms with Gasteiger partial charge in [0.1, 0.15) is 0 Å². The zero-order chi connectivity index (χ0) is 15.4. The zero-order valence-electron chi connectivity index (χ0n) is 11.1. The van der Waals surface area contributed by atoms with Crippen LogP contribution in [-0.4, -0.2) is 18.0 Å². The van der Waals surface area contributed by atoms with Gasteiger partial charge in [0.25, 0.3) is 0 Å². The Morgan fingerprint density at radius 2 is 1.95 bits per heavy atom. The quantitative estimate of drug-likeness (QED) is 0.660. The monoisotopic (exact) mass is 322 g/mol. The smallest absolute Gasteiger partial charge is 0.187 e. The molecule has 0 saturated carbocycles. The van der Waals surface area contributed by atoms with Crippen LogP contribution in [0.4, 0.5) is 0 Å². The minimum atomic E-state index is -0.233. The molecule has 0 radical (unpaired) electrons. The highest BCUT2D eigenvalue weighted by molar-refractivity contribution is 6.37. The fourth-order valence-corrected chi connectivity index (χ4v) is 2.25. The van der Waals surface area contributed by atoms with E-state index < -0.39 is 0 Å². The summed E-state index contributed by atoms with van der Waals surface area (Å²) in [5.41, 5.74) is 1.10. The first-order valence-corrected chi connectivity index (χ1v) is 6.81. The molecule has 108 valence electrons. The summed E-state index contributed by atoms with van der Waals surface area (Å²) in [6, 6.07) is 9.51. The van der Waals surface area contributed by atoms with E-state index in [9.17, 15) is 9.90 Å². The maximum Gasteiger partial charge on any atom is 0.187 e. The first-order chi connectivity index (χ1) is 10.0. The number of hydrogen-bond donors (Lipinski definition) is 1. The Hall–Kier alpha value is -1.97. The summed E-state index contributed by atoms with van der Waals surface area (Å²) < 4.78 is 5.00. The SMILES string of the molecule is COc1cc(/C=C/C(=O)c2ccc(Cl)cc2Cl)ccc1O. The number of rotatable bonds is 4. The molecule has 1 N–H and O–H groups in total. The van der Waals surface area contributed by atoms with Gasteiger partial charge in [0.2, 0.25) is 0 Å². The van der Waals surface area contributed by atoms with Crippen molar-refractivity contribution in [2.75, 3.05) is 7.11 Å². The number of carbonyl (C=O) groups is 1. The number of carbonyl (C=O) groups excluding carboxylic acids is 1. The second-order valence-corrected chi connectivity index (χ2v) is 5.10. The van der Waals surface area contributed by atoms with Crippen molar-refractivity contribution < 1.29 is 14.6 Å². The maximum atomic E-state index is 12.1. The number of ketones is 1. The topological polar surface area (TPSA) is 46.5 Å². The molecule has 0 bridgehead atoms. The van der Waals surface area contributed by atoms with Gasteiger partial charge in [0, 0.05) is 10.6 Å². The number of halogens is 2. The van der Waals surface area contributed by atoms with E-state index in [4.69, 9.17) is 27.9 Å². The molecule has 0 aliphatic carbocycles. The van der Waals surface area contributed by atoms with Crippen molar-refractivity contribution in [3.05, 3.63) is 63.6 Å². The van der Waals surface area contributed by atoms with E-state index in [-0.39, 0.29) is 11.5 Å². The van der Waals surface area contributed by atoms with Crippen LogP contribution in [0.2, 0.25) is 10.0 Å². The second-order valence-electron chi connectivity index (χ2n) is 4.25. The number of phenolic OH excluding ortho intramolecular Hbond substituents is 1. The summed E-state index contributed by atoms with van der Waals surface area (Å²) in [7, 11) is 1.46. The largest absolute Gasteiger partial charge is 0.504 e. The van der Waals surface area contributed by atoms with Crippen LogP contribution in [0.15, 0.2) is 42.5 Å². The minimum Gasteiger partial charge on any atom is -0.504 e. The highest BCUT2D eigenvalue weighted by atomic mass is 35.5. The lowest BCUT2D eigenvalue weighted by molar-refractivity contribution is 0.104. The van der Waals surface area contributed by atoms with Crippen molar-refractivity contribution in [2.24, 2.45) is 0 Å². The number of hydrogen-bond acceptors (Lipinski definition) is 3. The van der Waals surface area contributed by atoms with E-state index in [1.807, 2.05) is 0 Å². The van der Waals surface area contributed by atoms with Crippen molar-refractivity contribution >= 4 is 35.1 Å². The third kappa shape index (κ3) is 3.78. The van der Waals surface area contributed by atoms with Gasteiger partial charge in [-0.2, -0.15) is 0 Å². The van der Waals surface area contributed by atoms with Gasteiger partial charge in [-0.25, -0.2) is 0 Å². The number of allylic oxidation sites excluding steroid dienone is 1. The molecule has 0 aromatic heterocycles. The number of benzene rings is 2. The zero-order valence-corrected chi connectivity index (χ0v) is 12.7. The van der Waals surface area contributed by atoms with Crippen molar-refractivity contribution in [1.29, 1.82) is 0 Å².